The number of nitrogens with one attached hydrogen (secondary N) is 2. The van der Waals surface area contributed by atoms with E-state index in [0.29, 0.717) is 11.9 Å². The maximum Gasteiger partial charge on any atom is 0.225 e. The largest absolute Gasteiger partial charge is 0.357 e. The summed E-state index contributed by atoms with van der Waals surface area (Å²) >= 11 is 0. The number of halogens is 1. The molecule has 1 saturated heterocycles. The molecular weight excluding hydrogens is 429 g/mol. The first kappa shape index (κ1) is 22.5. The van der Waals surface area contributed by atoms with Gasteiger partial charge in [-0.2, -0.15) is 0 Å². The topological polar surface area (TPSA) is 60.0 Å². The second-order valence-electron chi connectivity index (χ2n) is 7.31. The Labute approximate surface area is 170 Å². The first-order valence-electron chi connectivity index (χ1n) is 9.58. The summed E-state index contributed by atoms with van der Waals surface area (Å²) in [4.78, 5) is 21.4. The van der Waals surface area contributed by atoms with Crippen molar-refractivity contribution in [3.05, 3.63) is 0 Å². The van der Waals surface area contributed by atoms with Crippen molar-refractivity contribution < 1.29 is 4.79 Å². The first-order valence-corrected chi connectivity index (χ1v) is 9.58. The van der Waals surface area contributed by atoms with Crippen LogP contribution in [0.25, 0.3) is 0 Å². The quantitative estimate of drug-likeness (QED) is 0.261. The molecule has 1 aliphatic heterocycles. The molecule has 0 aromatic heterocycles. The highest BCUT2D eigenvalue weighted by Gasteiger charge is 2.32. The van der Waals surface area contributed by atoms with Gasteiger partial charge >= 0.3 is 0 Å². The maximum absolute atomic E-state index is 12.5. The first-order chi connectivity index (χ1) is 11.6. The van der Waals surface area contributed by atoms with E-state index in [9.17, 15) is 4.79 Å². The second-order valence-corrected chi connectivity index (χ2v) is 7.31. The van der Waals surface area contributed by atoms with Crippen LogP contribution in [0.5, 0.6) is 0 Å². The fourth-order valence-electron chi connectivity index (χ4n) is 3.60. The Balaban J connectivity index is 0.00000312. The summed E-state index contributed by atoms with van der Waals surface area (Å²) in [5.41, 5.74) is 0. The Bertz CT molecular complexity index is 424. The fourth-order valence-corrected chi connectivity index (χ4v) is 3.60. The van der Waals surface area contributed by atoms with Gasteiger partial charge < -0.3 is 20.4 Å². The molecule has 1 aliphatic carbocycles. The van der Waals surface area contributed by atoms with Crippen molar-refractivity contribution in [3.63, 3.8) is 0 Å². The van der Waals surface area contributed by atoms with E-state index in [0.717, 1.165) is 64.4 Å². The minimum Gasteiger partial charge on any atom is -0.357 e. The monoisotopic (exact) mass is 465 g/mol. The number of carbonyl (C=O) groups excluding carboxylic acids is 1. The summed E-state index contributed by atoms with van der Waals surface area (Å²) in [5, 5.41) is 6.83. The van der Waals surface area contributed by atoms with E-state index in [1.807, 2.05) is 0 Å². The molecule has 25 heavy (non-hydrogen) atoms. The lowest BCUT2D eigenvalue weighted by Gasteiger charge is -2.21. The highest BCUT2D eigenvalue weighted by Crippen LogP contribution is 2.27. The Kier molecular flexibility index (Phi) is 10.7. The molecule has 1 atom stereocenters. The SMILES string of the molecule is CCNC(=NCCCN(C)C)NC1CCN(C(=O)C2CCCC2)C1.I. The van der Waals surface area contributed by atoms with Crippen LogP contribution in [0.1, 0.15) is 45.4 Å². The average molecular weight is 465 g/mol. The lowest BCUT2D eigenvalue weighted by Crippen LogP contribution is -2.45. The molecule has 2 rings (SSSR count). The lowest BCUT2D eigenvalue weighted by atomic mass is 10.1. The molecule has 2 fully saturated rings. The summed E-state index contributed by atoms with van der Waals surface area (Å²) < 4.78 is 0. The summed E-state index contributed by atoms with van der Waals surface area (Å²) in [7, 11) is 4.17. The van der Waals surface area contributed by atoms with Gasteiger partial charge in [0.25, 0.3) is 0 Å². The number of likely N-dealkylation sites (tertiary alicyclic amines) is 1. The van der Waals surface area contributed by atoms with Crippen LogP contribution in [0.2, 0.25) is 0 Å². The van der Waals surface area contributed by atoms with Crippen LogP contribution in [0.4, 0.5) is 0 Å². The van der Waals surface area contributed by atoms with Crippen molar-refractivity contribution in [1.82, 2.24) is 20.4 Å². The third-order valence-electron chi connectivity index (χ3n) is 4.92. The fraction of sp³-hybridized carbons (Fsp3) is 0.889. The van der Waals surface area contributed by atoms with Gasteiger partial charge in [0.2, 0.25) is 5.91 Å². The van der Waals surface area contributed by atoms with E-state index in [1.165, 1.54) is 12.8 Å². The third-order valence-corrected chi connectivity index (χ3v) is 4.92. The van der Waals surface area contributed by atoms with Crippen LogP contribution in [0.15, 0.2) is 4.99 Å². The Hall–Kier alpha value is -0.570. The minimum atomic E-state index is 0. The van der Waals surface area contributed by atoms with Gasteiger partial charge in [0.05, 0.1) is 0 Å². The van der Waals surface area contributed by atoms with Crippen molar-refractivity contribution in [2.24, 2.45) is 10.9 Å². The summed E-state index contributed by atoms with van der Waals surface area (Å²) in [5.74, 6) is 1.55. The molecule has 2 aliphatic rings. The standard InChI is InChI=1S/C18H35N5O.HI/c1-4-19-18(20-11-7-12-22(2)3)21-16-10-13-23(14-16)17(24)15-8-5-6-9-15;/h15-16H,4-14H2,1-3H3,(H2,19,20,21);1H. The molecule has 0 spiro atoms. The van der Waals surface area contributed by atoms with Crippen LogP contribution >= 0.6 is 24.0 Å². The Morgan fingerprint density at radius 3 is 2.60 bits per heavy atom. The summed E-state index contributed by atoms with van der Waals surface area (Å²) in [6.07, 6.45) is 6.68. The van der Waals surface area contributed by atoms with E-state index < -0.39 is 0 Å². The minimum absolute atomic E-state index is 0. The number of hydrogen-bond donors (Lipinski definition) is 2. The van der Waals surface area contributed by atoms with Crippen LogP contribution in [0.3, 0.4) is 0 Å². The van der Waals surface area contributed by atoms with Crippen molar-refractivity contribution in [2.45, 2.75) is 51.5 Å². The van der Waals surface area contributed by atoms with Gasteiger partial charge in [-0.25, -0.2) is 0 Å². The van der Waals surface area contributed by atoms with E-state index in [4.69, 9.17) is 0 Å². The molecular formula is C18H36IN5O. The van der Waals surface area contributed by atoms with Crippen LogP contribution in [-0.2, 0) is 4.79 Å². The van der Waals surface area contributed by atoms with E-state index in [-0.39, 0.29) is 29.9 Å². The van der Waals surface area contributed by atoms with Crippen molar-refractivity contribution >= 4 is 35.8 Å². The highest BCUT2D eigenvalue weighted by molar-refractivity contribution is 14.0. The number of carbonyl (C=O) groups is 1. The van der Waals surface area contributed by atoms with Crippen LogP contribution < -0.4 is 10.6 Å². The van der Waals surface area contributed by atoms with Gasteiger partial charge in [0, 0.05) is 38.1 Å². The zero-order valence-electron chi connectivity index (χ0n) is 16.1. The zero-order chi connectivity index (χ0) is 17.4. The molecule has 2 N–H and O–H groups in total. The smallest absolute Gasteiger partial charge is 0.225 e. The predicted molar refractivity (Wildman–Crippen MR) is 115 cm³/mol. The van der Waals surface area contributed by atoms with Gasteiger partial charge in [-0.1, -0.05) is 12.8 Å². The molecule has 7 heteroatoms. The second kappa shape index (κ2) is 11.9. The van der Waals surface area contributed by atoms with Gasteiger partial charge in [-0.15, -0.1) is 24.0 Å². The van der Waals surface area contributed by atoms with Gasteiger partial charge in [0.15, 0.2) is 5.96 Å². The lowest BCUT2D eigenvalue weighted by molar-refractivity contribution is -0.134. The van der Waals surface area contributed by atoms with E-state index >= 15 is 0 Å². The predicted octanol–water partition coefficient (Wildman–Crippen LogP) is 1.90. The summed E-state index contributed by atoms with van der Waals surface area (Å²) in [6, 6.07) is 0.321. The van der Waals surface area contributed by atoms with Crippen molar-refractivity contribution in [1.29, 1.82) is 0 Å². The van der Waals surface area contributed by atoms with Gasteiger partial charge in [-0.05, 0) is 53.2 Å². The number of aliphatic imine (C=N–C) groups is 1. The van der Waals surface area contributed by atoms with E-state index in [1.54, 1.807) is 0 Å². The number of amides is 1. The van der Waals surface area contributed by atoms with Gasteiger partial charge in [-0.3, -0.25) is 9.79 Å². The van der Waals surface area contributed by atoms with Crippen LogP contribution in [-0.4, -0.2) is 74.5 Å². The molecule has 0 bridgehead atoms. The number of hydrogen-bond acceptors (Lipinski definition) is 3. The normalized spacial score (nSPS) is 21.5. The molecule has 1 unspecified atom stereocenters. The number of nitrogens with zero attached hydrogens (tertiary/aromatic N) is 3. The maximum atomic E-state index is 12.5. The van der Waals surface area contributed by atoms with E-state index in [2.05, 4.69) is 46.4 Å². The van der Waals surface area contributed by atoms with Gasteiger partial charge in [0.1, 0.15) is 0 Å². The number of rotatable bonds is 7. The molecule has 146 valence electrons. The molecule has 6 nitrogen and oxygen atoms in total. The van der Waals surface area contributed by atoms with Crippen molar-refractivity contribution in [3.8, 4) is 0 Å². The molecule has 0 radical (unpaired) electrons. The zero-order valence-corrected chi connectivity index (χ0v) is 18.4. The Morgan fingerprint density at radius 1 is 1.24 bits per heavy atom. The number of guanidine groups is 1. The Morgan fingerprint density at radius 2 is 1.96 bits per heavy atom. The summed E-state index contributed by atoms with van der Waals surface area (Å²) in [6.45, 7) is 6.52. The molecule has 0 aromatic rings. The molecule has 0 aromatic carbocycles. The third kappa shape index (κ3) is 7.68. The molecule has 1 amide bonds. The van der Waals surface area contributed by atoms with Crippen LogP contribution in [0, 0.1) is 5.92 Å². The average Bonchev–Trinajstić information content (AvgIpc) is 3.22. The highest BCUT2D eigenvalue weighted by atomic mass is 127. The molecule has 1 heterocycles. The van der Waals surface area contributed by atoms with Crippen molar-refractivity contribution in [2.75, 3.05) is 46.8 Å². The molecule has 1 saturated carbocycles.